The molecule has 0 bridgehead atoms. The second-order valence-corrected chi connectivity index (χ2v) is 9.65. The molecule has 0 unspecified atom stereocenters. The summed E-state index contributed by atoms with van der Waals surface area (Å²) >= 11 is 0.321. The molecule has 2 aromatic heterocycles. The number of aryl methyl sites for hydroxylation is 4. The van der Waals surface area contributed by atoms with Crippen LogP contribution in [0.2, 0.25) is 0 Å². The predicted molar refractivity (Wildman–Crippen MR) is 117 cm³/mol. The topological polar surface area (TPSA) is 3.88 Å². The van der Waals surface area contributed by atoms with E-state index in [1.54, 1.807) is 4.26 Å². The maximum atomic E-state index is 2.41. The zero-order valence-electron chi connectivity index (χ0n) is 16.1. The van der Waals surface area contributed by atoms with E-state index in [-0.39, 0.29) is 0 Å². The summed E-state index contributed by atoms with van der Waals surface area (Å²) in [5, 5.41) is 4.29. The molecule has 0 saturated carbocycles. The van der Waals surface area contributed by atoms with Crippen molar-refractivity contribution in [1.82, 2.24) is 0 Å². The van der Waals surface area contributed by atoms with Crippen molar-refractivity contribution in [3.05, 3.63) is 77.4 Å². The molecule has 0 spiro atoms. The number of rotatable bonds is 1. The summed E-state index contributed by atoms with van der Waals surface area (Å²) < 4.78 is 5.49. The summed E-state index contributed by atoms with van der Waals surface area (Å²) in [5.74, 6) is 0. The number of nitrogens with zero attached hydrogens (tertiary/aromatic N) is 1. The second-order valence-electron chi connectivity index (χ2n) is 7.50. The molecule has 0 atom stereocenters. The third kappa shape index (κ3) is 2.41. The van der Waals surface area contributed by atoms with Gasteiger partial charge in [-0.1, -0.05) is 0 Å². The molecule has 132 valence electrons. The van der Waals surface area contributed by atoms with Gasteiger partial charge in [-0.15, -0.1) is 0 Å². The Kier molecular flexibility index (Phi) is 3.75. The Hall–Kier alpha value is -2.41. The minimum atomic E-state index is 0.321. The van der Waals surface area contributed by atoms with Crippen LogP contribution in [-0.2, 0) is 7.05 Å². The fourth-order valence-electron chi connectivity index (χ4n) is 4.38. The van der Waals surface area contributed by atoms with Crippen molar-refractivity contribution in [2.24, 2.45) is 7.05 Å². The van der Waals surface area contributed by atoms with Gasteiger partial charge < -0.3 is 0 Å². The molecule has 0 aliphatic rings. The van der Waals surface area contributed by atoms with E-state index < -0.39 is 0 Å². The summed E-state index contributed by atoms with van der Waals surface area (Å²) in [6, 6.07) is 22.4. The minimum absolute atomic E-state index is 0.321. The zero-order valence-corrected chi connectivity index (χ0v) is 17.8. The molecule has 0 radical (unpaired) electrons. The van der Waals surface area contributed by atoms with E-state index in [1.807, 2.05) is 0 Å². The van der Waals surface area contributed by atoms with Crippen LogP contribution in [0.25, 0.3) is 41.5 Å². The van der Waals surface area contributed by atoms with Gasteiger partial charge in [0.25, 0.3) is 0 Å². The Labute approximate surface area is 165 Å². The van der Waals surface area contributed by atoms with Gasteiger partial charge >= 0.3 is 166 Å². The van der Waals surface area contributed by atoms with Crippen LogP contribution >= 0.6 is 0 Å². The SMILES string of the molecule is Cc1cc(C)c2[se]c3c(-c4ccccc4C)[n+](C)c4ccccc4c3c2c1. The average Bonchev–Trinajstić information content (AvgIpc) is 3.03. The van der Waals surface area contributed by atoms with Crippen LogP contribution in [0.3, 0.4) is 0 Å². The Morgan fingerprint density at radius 3 is 2.30 bits per heavy atom. The van der Waals surface area contributed by atoms with E-state index in [9.17, 15) is 0 Å². The molecule has 1 nitrogen and oxygen atoms in total. The second kappa shape index (κ2) is 6.05. The molecule has 2 heteroatoms. The van der Waals surface area contributed by atoms with Crippen molar-refractivity contribution in [3.8, 4) is 11.3 Å². The zero-order chi connectivity index (χ0) is 18.7. The number of para-hydroxylation sites is 1. The van der Waals surface area contributed by atoms with Gasteiger partial charge in [-0.2, -0.15) is 0 Å². The molecule has 2 heterocycles. The van der Waals surface area contributed by atoms with Crippen molar-refractivity contribution in [2.75, 3.05) is 0 Å². The fraction of sp³-hybridized carbons (Fsp3) is 0.160. The first kappa shape index (κ1) is 16.7. The molecule has 5 rings (SSSR count). The Morgan fingerprint density at radius 1 is 0.741 bits per heavy atom. The first-order chi connectivity index (χ1) is 13.1. The van der Waals surface area contributed by atoms with Crippen molar-refractivity contribution in [1.29, 1.82) is 0 Å². The molecule has 0 saturated heterocycles. The molecule has 0 fully saturated rings. The third-order valence-electron chi connectivity index (χ3n) is 5.60. The van der Waals surface area contributed by atoms with E-state index in [0.29, 0.717) is 14.5 Å². The summed E-state index contributed by atoms with van der Waals surface area (Å²) in [4.78, 5) is 0. The van der Waals surface area contributed by atoms with Crippen LogP contribution in [0.4, 0.5) is 0 Å². The van der Waals surface area contributed by atoms with Crippen LogP contribution < -0.4 is 4.57 Å². The van der Waals surface area contributed by atoms with E-state index in [4.69, 9.17) is 0 Å². The average molecular weight is 415 g/mol. The van der Waals surface area contributed by atoms with Gasteiger partial charge in [-0.25, -0.2) is 0 Å². The van der Waals surface area contributed by atoms with Gasteiger partial charge in [0, 0.05) is 0 Å². The molecule has 0 aliphatic carbocycles. The Balaban J connectivity index is 2.11. The molecular formula is C25H22NSe+. The monoisotopic (exact) mass is 416 g/mol. The van der Waals surface area contributed by atoms with Crippen LogP contribution in [0, 0.1) is 20.8 Å². The fourth-order valence-corrected chi connectivity index (χ4v) is 7.23. The summed E-state index contributed by atoms with van der Waals surface area (Å²) in [6.45, 7) is 6.71. The molecule has 5 aromatic rings. The number of benzene rings is 3. The Bertz CT molecular complexity index is 1360. The van der Waals surface area contributed by atoms with E-state index in [1.165, 1.54) is 53.9 Å². The summed E-state index contributed by atoms with van der Waals surface area (Å²) in [6.07, 6.45) is 0. The number of hydrogen-bond donors (Lipinski definition) is 0. The van der Waals surface area contributed by atoms with Gasteiger partial charge in [0.2, 0.25) is 0 Å². The standard InChI is InChI=1S/C25H22NSe/c1-15-13-17(3)24-20(14-15)22-19-11-7-8-12-21(19)26(4)23(25(22)27-24)18-10-6-5-9-16(18)2/h5-14H,1-4H3/q+1. The van der Waals surface area contributed by atoms with Gasteiger partial charge in [-0.05, 0) is 0 Å². The van der Waals surface area contributed by atoms with Crippen molar-refractivity contribution >= 4 is 44.7 Å². The first-order valence-corrected chi connectivity index (χ1v) is 11.1. The predicted octanol–water partition coefficient (Wildman–Crippen LogP) is 5.62. The number of pyridine rings is 1. The normalized spacial score (nSPS) is 11.7. The molecule has 3 aromatic carbocycles. The Morgan fingerprint density at radius 2 is 1.48 bits per heavy atom. The molecule has 0 N–H and O–H groups in total. The van der Waals surface area contributed by atoms with E-state index >= 15 is 0 Å². The van der Waals surface area contributed by atoms with Gasteiger partial charge in [0.15, 0.2) is 0 Å². The van der Waals surface area contributed by atoms with Crippen LogP contribution in [0.5, 0.6) is 0 Å². The third-order valence-corrected chi connectivity index (χ3v) is 8.43. The molecular weight excluding hydrogens is 393 g/mol. The van der Waals surface area contributed by atoms with Crippen molar-refractivity contribution in [3.63, 3.8) is 0 Å². The molecule has 0 aliphatic heterocycles. The van der Waals surface area contributed by atoms with Gasteiger partial charge in [0.05, 0.1) is 0 Å². The van der Waals surface area contributed by atoms with Gasteiger partial charge in [0.1, 0.15) is 0 Å². The maximum absolute atomic E-state index is 2.41. The van der Waals surface area contributed by atoms with Gasteiger partial charge in [-0.3, -0.25) is 0 Å². The van der Waals surface area contributed by atoms with E-state index in [0.717, 1.165) is 0 Å². The first-order valence-electron chi connectivity index (χ1n) is 9.36. The molecule has 27 heavy (non-hydrogen) atoms. The van der Waals surface area contributed by atoms with Crippen LogP contribution in [0.1, 0.15) is 16.7 Å². The number of hydrogen-bond acceptors (Lipinski definition) is 0. The van der Waals surface area contributed by atoms with Crippen molar-refractivity contribution < 1.29 is 4.57 Å². The number of fused-ring (bicyclic) bond motifs is 5. The number of aromatic nitrogens is 1. The van der Waals surface area contributed by atoms with E-state index in [2.05, 4.69) is 93.0 Å². The van der Waals surface area contributed by atoms with Crippen LogP contribution in [0.15, 0.2) is 60.7 Å². The van der Waals surface area contributed by atoms with Crippen molar-refractivity contribution in [2.45, 2.75) is 20.8 Å². The molecule has 0 amide bonds. The summed E-state index contributed by atoms with van der Waals surface area (Å²) in [7, 11) is 2.22. The quantitative estimate of drug-likeness (QED) is 0.247. The summed E-state index contributed by atoms with van der Waals surface area (Å²) in [5.41, 5.74) is 8.16. The van der Waals surface area contributed by atoms with Crippen LogP contribution in [-0.4, -0.2) is 14.5 Å².